The Labute approximate surface area is 150 Å². The van der Waals surface area contributed by atoms with Gasteiger partial charge in [0.25, 0.3) is 11.8 Å². The molecule has 0 fully saturated rings. The number of anilines is 2. The van der Waals surface area contributed by atoms with E-state index in [9.17, 15) is 9.59 Å². The van der Waals surface area contributed by atoms with Crippen molar-refractivity contribution in [3.05, 3.63) is 42.5 Å². The van der Waals surface area contributed by atoms with Crippen LogP contribution in [0.15, 0.2) is 42.5 Å². The van der Waals surface area contributed by atoms with Crippen molar-refractivity contribution in [1.82, 2.24) is 0 Å². The first-order valence-electron chi connectivity index (χ1n) is 8.42. The number of benzene rings is 2. The summed E-state index contributed by atoms with van der Waals surface area (Å²) in [5.41, 5.74) is 1.21. The zero-order valence-electron chi connectivity index (χ0n) is 14.2. The molecule has 4 rings (SSSR count). The smallest absolute Gasteiger partial charge is 0.269 e. The molecule has 2 heterocycles. The van der Waals surface area contributed by atoms with Crippen LogP contribution >= 0.6 is 0 Å². The van der Waals surface area contributed by atoms with E-state index in [2.05, 4.69) is 5.32 Å². The van der Waals surface area contributed by atoms with Crippen molar-refractivity contribution >= 4 is 23.2 Å². The highest BCUT2D eigenvalue weighted by Crippen LogP contribution is 2.35. The Morgan fingerprint density at radius 2 is 1.96 bits per heavy atom. The summed E-state index contributed by atoms with van der Waals surface area (Å²) in [6.45, 7) is 2.58. The van der Waals surface area contributed by atoms with Gasteiger partial charge in [-0.1, -0.05) is 12.1 Å². The molecule has 134 valence electrons. The number of likely N-dealkylation sites (N-methyl/N-ethyl adjacent to an activating group) is 1. The molecule has 1 N–H and O–H groups in total. The molecule has 0 saturated heterocycles. The lowest BCUT2D eigenvalue weighted by atomic mass is 10.2. The van der Waals surface area contributed by atoms with Gasteiger partial charge in [-0.05, 0) is 37.3 Å². The third-order valence-corrected chi connectivity index (χ3v) is 4.29. The lowest BCUT2D eigenvalue weighted by molar-refractivity contribution is -0.125. The van der Waals surface area contributed by atoms with Gasteiger partial charge in [0.15, 0.2) is 18.1 Å². The van der Waals surface area contributed by atoms with Crippen LogP contribution < -0.4 is 24.4 Å². The van der Waals surface area contributed by atoms with Crippen LogP contribution in [-0.4, -0.2) is 37.7 Å². The van der Waals surface area contributed by atoms with Crippen LogP contribution in [-0.2, 0) is 9.59 Å². The van der Waals surface area contributed by atoms with E-state index in [4.69, 9.17) is 14.2 Å². The van der Waals surface area contributed by atoms with E-state index in [1.165, 1.54) is 0 Å². The molecule has 2 amide bonds. The van der Waals surface area contributed by atoms with Gasteiger partial charge in [-0.3, -0.25) is 9.59 Å². The summed E-state index contributed by atoms with van der Waals surface area (Å²) >= 11 is 0. The van der Waals surface area contributed by atoms with E-state index in [1.807, 2.05) is 19.1 Å². The Morgan fingerprint density at radius 1 is 1.15 bits per heavy atom. The first-order chi connectivity index (χ1) is 12.7. The lowest BCUT2D eigenvalue weighted by Crippen LogP contribution is -2.40. The van der Waals surface area contributed by atoms with Crippen LogP contribution in [0.25, 0.3) is 0 Å². The van der Waals surface area contributed by atoms with Crippen molar-refractivity contribution in [1.29, 1.82) is 0 Å². The van der Waals surface area contributed by atoms with Crippen molar-refractivity contribution in [3.63, 3.8) is 0 Å². The monoisotopic (exact) mass is 354 g/mol. The molecule has 0 bridgehead atoms. The second kappa shape index (κ2) is 6.59. The van der Waals surface area contributed by atoms with Gasteiger partial charge in [-0.15, -0.1) is 0 Å². The molecule has 1 unspecified atom stereocenters. The van der Waals surface area contributed by atoms with Crippen LogP contribution in [0.4, 0.5) is 11.4 Å². The van der Waals surface area contributed by atoms with Crippen molar-refractivity contribution in [2.45, 2.75) is 13.0 Å². The number of hydrogen-bond acceptors (Lipinski definition) is 5. The number of nitrogens with one attached hydrogen (secondary N) is 1. The van der Waals surface area contributed by atoms with Crippen molar-refractivity contribution in [3.8, 4) is 17.2 Å². The van der Waals surface area contributed by atoms with E-state index >= 15 is 0 Å². The van der Waals surface area contributed by atoms with Crippen LogP contribution in [0.5, 0.6) is 17.2 Å². The third kappa shape index (κ3) is 2.92. The van der Waals surface area contributed by atoms with E-state index < -0.39 is 6.10 Å². The minimum Gasteiger partial charge on any atom is -0.485 e. The number of nitrogens with zero attached hydrogens (tertiary/aromatic N) is 1. The predicted molar refractivity (Wildman–Crippen MR) is 94.9 cm³/mol. The van der Waals surface area contributed by atoms with Crippen LogP contribution in [0.2, 0.25) is 0 Å². The summed E-state index contributed by atoms with van der Waals surface area (Å²) in [6.07, 6.45) is -0.749. The highest BCUT2D eigenvalue weighted by atomic mass is 16.6. The van der Waals surface area contributed by atoms with E-state index in [-0.39, 0.29) is 25.0 Å². The highest BCUT2D eigenvalue weighted by molar-refractivity contribution is 6.00. The number of fused-ring (bicyclic) bond motifs is 2. The topological polar surface area (TPSA) is 77.1 Å². The fourth-order valence-electron chi connectivity index (χ4n) is 3.00. The summed E-state index contributed by atoms with van der Waals surface area (Å²) in [7, 11) is 0. The largest absolute Gasteiger partial charge is 0.485 e. The SMILES string of the molecule is CCN1C(=O)COc2ccc(NC(=O)C3COc4ccccc4O3)cc21. The number of amides is 2. The average Bonchev–Trinajstić information content (AvgIpc) is 2.67. The van der Waals surface area contributed by atoms with Gasteiger partial charge in [0.05, 0.1) is 5.69 Å². The molecule has 26 heavy (non-hydrogen) atoms. The maximum Gasteiger partial charge on any atom is 0.269 e. The molecule has 2 aromatic carbocycles. The molecule has 2 aliphatic rings. The molecular weight excluding hydrogens is 336 g/mol. The minimum absolute atomic E-state index is 0.0270. The Hall–Kier alpha value is -3.22. The summed E-state index contributed by atoms with van der Waals surface area (Å²) in [5.74, 6) is 1.37. The number of para-hydroxylation sites is 2. The Balaban J connectivity index is 1.50. The zero-order chi connectivity index (χ0) is 18.1. The molecule has 0 spiro atoms. The number of ether oxygens (including phenoxy) is 3. The normalized spacial score (nSPS) is 18.0. The van der Waals surface area contributed by atoms with Crippen molar-refractivity contribution in [2.75, 3.05) is 30.0 Å². The fraction of sp³-hybridized carbons (Fsp3) is 0.263. The zero-order valence-corrected chi connectivity index (χ0v) is 14.2. The van der Waals surface area contributed by atoms with Crippen LogP contribution in [0, 0.1) is 0 Å². The molecule has 0 aliphatic carbocycles. The molecular formula is C19H18N2O5. The molecule has 7 heteroatoms. The molecule has 0 radical (unpaired) electrons. The van der Waals surface area contributed by atoms with Gasteiger partial charge in [0.1, 0.15) is 12.4 Å². The van der Waals surface area contributed by atoms with Gasteiger partial charge in [0, 0.05) is 12.2 Å². The second-order valence-electron chi connectivity index (χ2n) is 5.96. The first-order valence-corrected chi connectivity index (χ1v) is 8.42. The Bertz CT molecular complexity index is 867. The summed E-state index contributed by atoms with van der Waals surface area (Å²) in [6, 6.07) is 12.4. The van der Waals surface area contributed by atoms with E-state index in [1.54, 1.807) is 35.2 Å². The van der Waals surface area contributed by atoms with Gasteiger partial charge >= 0.3 is 0 Å². The lowest BCUT2D eigenvalue weighted by Gasteiger charge is -2.29. The van der Waals surface area contributed by atoms with Crippen LogP contribution in [0.3, 0.4) is 0 Å². The van der Waals surface area contributed by atoms with E-state index in [0.717, 1.165) is 0 Å². The third-order valence-electron chi connectivity index (χ3n) is 4.29. The summed E-state index contributed by atoms with van der Waals surface area (Å²) < 4.78 is 16.7. The summed E-state index contributed by atoms with van der Waals surface area (Å²) in [4.78, 5) is 26.1. The van der Waals surface area contributed by atoms with Gasteiger partial charge < -0.3 is 24.4 Å². The Kier molecular flexibility index (Phi) is 4.12. The standard InChI is InChI=1S/C19H18N2O5/c1-2-21-13-9-12(7-8-14(13)25-11-18(21)22)20-19(23)17-10-24-15-5-3-4-6-16(15)26-17/h3-9,17H,2,10-11H2,1H3,(H,20,23). The molecule has 0 saturated carbocycles. The van der Waals surface area contributed by atoms with Crippen molar-refractivity contribution in [2.24, 2.45) is 0 Å². The quantitative estimate of drug-likeness (QED) is 0.914. The maximum absolute atomic E-state index is 12.5. The minimum atomic E-state index is -0.749. The average molecular weight is 354 g/mol. The number of rotatable bonds is 3. The molecule has 2 aromatic rings. The maximum atomic E-state index is 12.5. The highest BCUT2D eigenvalue weighted by Gasteiger charge is 2.28. The predicted octanol–water partition coefficient (Wildman–Crippen LogP) is 2.21. The molecule has 7 nitrogen and oxygen atoms in total. The Morgan fingerprint density at radius 3 is 2.77 bits per heavy atom. The first kappa shape index (κ1) is 16.3. The summed E-state index contributed by atoms with van der Waals surface area (Å²) in [5, 5.41) is 2.81. The molecule has 0 aromatic heterocycles. The second-order valence-corrected chi connectivity index (χ2v) is 5.96. The number of carbonyl (C=O) groups excluding carboxylic acids is 2. The van der Waals surface area contributed by atoms with Gasteiger partial charge in [-0.25, -0.2) is 0 Å². The van der Waals surface area contributed by atoms with Gasteiger partial charge in [-0.2, -0.15) is 0 Å². The van der Waals surface area contributed by atoms with Gasteiger partial charge in [0.2, 0.25) is 6.10 Å². The number of hydrogen-bond donors (Lipinski definition) is 1. The van der Waals surface area contributed by atoms with Crippen molar-refractivity contribution < 1.29 is 23.8 Å². The molecule has 1 atom stereocenters. The fourth-order valence-corrected chi connectivity index (χ4v) is 3.00. The molecule has 2 aliphatic heterocycles. The van der Waals surface area contributed by atoms with Crippen LogP contribution in [0.1, 0.15) is 6.92 Å². The number of carbonyl (C=O) groups is 2. The van der Waals surface area contributed by atoms with E-state index in [0.29, 0.717) is 35.2 Å².